The fraction of sp³-hybridized carbons (Fsp3) is 0.355. The first-order valence-electron chi connectivity index (χ1n) is 13.8. The number of carboxylic acids is 1. The minimum Gasteiger partial charge on any atom is -0.480 e. The van der Waals surface area contributed by atoms with E-state index >= 15 is 0 Å². The number of ether oxygens (including phenoxy) is 2. The Morgan fingerprint density at radius 1 is 0.930 bits per heavy atom. The summed E-state index contributed by atoms with van der Waals surface area (Å²) in [4.78, 5) is 59.3. The first-order chi connectivity index (χ1) is 20.5. The molecule has 3 rings (SSSR count). The van der Waals surface area contributed by atoms with Crippen molar-refractivity contribution in [1.82, 2.24) is 25.5 Å². The average Bonchev–Trinajstić information content (AvgIpc) is 2.97. The summed E-state index contributed by atoms with van der Waals surface area (Å²) in [5.74, 6) is -1.81. The molecule has 0 saturated carbocycles. The maximum atomic E-state index is 12.9. The van der Waals surface area contributed by atoms with Gasteiger partial charge in [0.15, 0.2) is 0 Å². The Balaban J connectivity index is 1.51. The van der Waals surface area contributed by atoms with E-state index < -0.39 is 35.7 Å². The maximum Gasteiger partial charge on any atom is 0.410 e. The zero-order valence-electron chi connectivity index (χ0n) is 24.5. The quantitative estimate of drug-likeness (QED) is 0.246. The smallest absolute Gasteiger partial charge is 0.410 e. The van der Waals surface area contributed by atoms with Gasteiger partial charge >= 0.3 is 18.2 Å². The lowest BCUT2D eigenvalue weighted by molar-refractivity contribution is -0.139. The van der Waals surface area contributed by atoms with Gasteiger partial charge in [0.2, 0.25) is 0 Å². The molecule has 0 aliphatic rings. The fourth-order valence-corrected chi connectivity index (χ4v) is 3.82. The van der Waals surface area contributed by atoms with Gasteiger partial charge < -0.3 is 25.2 Å². The van der Waals surface area contributed by atoms with Crippen molar-refractivity contribution in [2.24, 2.45) is 0 Å². The molecule has 3 aromatic rings. The van der Waals surface area contributed by atoms with Gasteiger partial charge in [-0.1, -0.05) is 36.4 Å². The molecule has 0 radical (unpaired) electrons. The second-order valence-corrected chi connectivity index (χ2v) is 10.7. The van der Waals surface area contributed by atoms with Crippen LogP contribution in [-0.2, 0) is 34.0 Å². The predicted octanol–water partition coefficient (Wildman–Crippen LogP) is 4.30. The van der Waals surface area contributed by atoms with Gasteiger partial charge in [0.1, 0.15) is 18.2 Å². The van der Waals surface area contributed by atoms with Crippen LogP contribution in [0.1, 0.15) is 60.9 Å². The second-order valence-electron chi connectivity index (χ2n) is 10.7. The Bertz CT molecular complexity index is 1350. The minimum atomic E-state index is -1.20. The topological polar surface area (TPSA) is 160 Å². The third kappa shape index (κ3) is 11.8. The number of carbonyl (C=O) groups excluding carboxylic acids is 3. The number of carbonyl (C=O) groups is 4. The molecule has 228 valence electrons. The first-order valence-corrected chi connectivity index (χ1v) is 13.8. The predicted molar refractivity (Wildman–Crippen MR) is 157 cm³/mol. The average molecular weight is 592 g/mol. The standard InChI is InChI=1S/C31H37N5O7/c1-31(2,3)43-30(41)36(19-24-12-7-8-16-32-24)20-25-15-14-23(18-34-25)27(37)35-26(28(38)39)13-9-17-33-29(40)42-21-22-10-5-4-6-11-22/h4-8,10-12,14-16,18,26H,9,13,17,19-21H2,1-3H3,(H,33,40)(H,35,37)(H,38,39)/t26-/m0/s1. The van der Waals surface area contributed by atoms with Crippen molar-refractivity contribution in [2.45, 2.75) is 65.0 Å². The maximum absolute atomic E-state index is 12.9. The van der Waals surface area contributed by atoms with Crippen LogP contribution in [0, 0.1) is 0 Å². The molecule has 0 aliphatic heterocycles. The van der Waals surface area contributed by atoms with Gasteiger partial charge in [0.25, 0.3) is 5.91 Å². The van der Waals surface area contributed by atoms with E-state index in [2.05, 4.69) is 20.6 Å². The minimum absolute atomic E-state index is 0.0872. The number of pyridine rings is 2. The van der Waals surface area contributed by atoms with Crippen LogP contribution in [0.3, 0.4) is 0 Å². The molecule has 0 saturated heterocycles. The van der Waals surface area contributed by atoms with E-state index in [0.29, 0.717) is 17.8 Å². The van der Waals surface area contributed by atoms with Crippen LogP contribution in [-0.4, -0.2) is 62.2 Å². The molecule has 0 spiro atoms. The van der Waals surface area contributed by atoms with Gasteiger partial charge in [-0.3, -0.25) is 19.7 Å². The zero-order valence-corrected chi connectivity index (χ0v) is 24.5. The number of aromatic nitrogens is 2. The number of benzene rings is 1. The summed E-state index contributed by atoms with van der Waals surface area (Å²) in [7, 11) is 0. The van der Waals surface area contributed by atoms with Crippen LogP contribution in [0.25, 0.3) is 0 Å². The lowest BCUT2D eigenvalue weighted by Crippen LogP contribution is -2.41. The highest BCUT2D eigenvalue weighted by Crippen LogP contribution is 2.15. The normalized spacial score (nSPS) is 11.6. The van der Waals surface area contributed by atoms with E-state index in [-0.39, 0.29) is 38.2 Å². The van der Waals surface area contributed by atoms with Crippen LogP contribution in [0.15, 0.2) is 73.1 Å². The summed E-state index contributed by atoms with van der Waals surface area (Å²) in [6, 6.07) is 16.5. The Labute approximate surface area is 250 Å². The number of nitrogens with one attached hydrogen (secondary N) is 2. The molecule has 1 aromatic carbocycles. The number of nitrogens with zero attached hydrogens (tertiary/aromatic N) is 3. The van der Waals surface area contributed by atoms with Crippen LogP contribution in [0.5, 0.6) is 0 Å². The summed E-state index contributed by atoms with van der Waals surface area (Å²) in [6.07, 6.45) is 2.19. The number of amides is 3. The molecule has 12 nitrogen and oxygen atoms in total. The van der Waals surface area contributed by atoms with Crippen molar-refractivity contribution in [3.8, 4) is 0 Å². The molecule has 2 aromatic heterocycles. The van der Waals surface area contributed by atoms with Crippen molar-refractivity contribution in [3.05, 3.63) is 95.6 Å². The van der Waals surface area contributed by atoms with Crippen LogP contribution in [0.4, 0.5) is 9.59 Å². The molecule has 0 unspecified atom stereocenters. The Morgan fingerprint density at radius 3 is 2.23 bits per heavy atom. The van der Waals surface area contributed by atoms with Gasteiger partial charge in [-0.15, -0.1) is 0 Å². The largest absolute Gasteiger partial charge is 0.480 e. The highest BCUT2D eigenvalue weighted by atomic mass is 16.6. The van der Waals surface area contributed by atoms with E-state index in [0.717, 1.165) is 5.56 Å². The molecule has 3 amide bonds. The highest BCUT2D eigenvalue weighted by Gasteiger charge is 2.24. The third-order valence-corrected chi connectivity index (χ3v) is 5.93. The number of rotatable bonds is 13. The van der Waals surface area contributed by atoms with Crippen molar-refractivity contribution in [1.29, 1.82) is 0 Å². The SMILES string of the molecule is CC(C)(C)OC(=O)N(Cc1ccccn1)Cc1ccc(C(=O)N[C@@H](CCCNC(=O)OCc2ccccc2)C(=O)O)cn1. The number of hydrogen-bond donors (Lipinski definition) is 3. The van der Waals surface area contributed by atoms with Crippen LogP contribution in [0.2, 0.25) is 0 Å². The first kappa shape index (κ1) is 32.5. The summed E-state index contributed by atoms with van der Waals surface area (Å²) >= 11 is 0. The molecule has 43 heavy (non-hydrogen) atoms. The monoisotopic (exact) mass is 591 g/mol. The van der Waals surface area contributed by atoms with Gasteiger partial charge in [0, 0.05) is 18.9 Å². The number of carboxylic acid groups (broad SMARTS) is 1. The molecular formula is C31H37N5O7. The molecule has 0 bridgehead atoms. The van der Waals surface area contributed by atoms with E-state index in [1.165, 1.54) is 17.2 Å². The zero-order chi connectivity index (χ0) is 31.2. The molecule has 12 heteroatoms. The van der Waals surface area contributed by atoms with Crippen molar-refractivity contribution in [2.75, 3.05) is 6.54 Å². The van der Waals surface area contributed by atoms with Gasteiger partial charge in [-0.05, 0) is 63.4 Å². The second kappa shape index (κ2) is 15.9. The van der Waals surface area contributed by atoms with Crippen molar-refractivity contribution >= 4 is 24.1 Å². The van der Waals surface area contributed by atoms with E-state index in [1.807, 2.05) is 36.4 Å². The molecule has 3 N–H and O–H groups in total. The van der Waals surface area contributed by atoms with Crippen molar-refractivity contribution in [3.63, 3.8) is 0 Å². The Kier molecular flexibility index (Phi) is 12.0. The summed E-state index contributed by atoms with van der Waals surface area (Å²) in [5, 5.41) is 14.6. The van der Waals surface area contributed by atoms with E-state index in [9.17, 15) is 24.3 Å². The van der Waals surface area contributed by atoms with Crippen LogP contribution >= 0.6 is 0 Å². The lowest BCUT2D eigenvalue weighted by Gasteiger charge is -2.27. The molecule has 2 heterocycles. The molecule has 0 fully saturated rings. The number of aliphatic carboxylic acids is 1. The fourth-order valence-electron chi connectivity index (χ4n) is 3.82. The highest BCUT2D eigenvalue weighted by molar-refractivity contribution is 5.96. The summed E-state index contributed by atoms with van der Waals surface area (Å²) in [5.41, 5.74) is 1.48. The molecular weight excluding hydrogens is 554 g/mol. The summed E-state index contributed by atoms with van der Waals surface area (Å²) in [6.45, 7) is 5.92. The lowest BCUT2D eigenvalue weighted by atomic mass is 10.1. The van der Waals surface area contributed by atoms with E-state index in [1.54, 1.807) is 45.2 Å². The Morgan fingerprint density at radius 2 is 1.63 bits per heavy atom. The molecule has 0 aliphatic carbocycles. The number of alkyl carbamates (subject to hydrolysis) is 1. The van der Waals surface area contributed by atoms with Gasteiger partial charge in [-0.2, -0.15) is 0 Å². The van der Waals surface area contributed by atoms with E-state index in [4.69, 9.17) is 9.47 Å². The van der Waals surface area contributed by atoms with Crippen LogP contribution < -0.4 is 10.6 Å². The number of hydrogen-bond acceptors (Lipinski definition) is 8. The van der Waals surface area contributed by atoms with Crippen molar-refractivity contribution < 1.29 is 33.8 Å². The molecule has 1 atom stereocenters. The summed E-state index contributed by atoms with van der Waals surface area (Å²) < 4.78 is 10.7. The van der Waals surface area contributed by atoms with Gasteiger partial charge in [-0.25, -0.2) is 14.4 Å². The Hall–Kier alpha value is -5.00. The third-order valence-electron chi connectivity index (χ3n) is 5.93. The van der Waals surface area contributed by atoms with Gasteiger partial charge in [0.05, 0.1) is 30.0 Å².